The van der Waals surface area contributed by atoms with Crippen LogP contribution >= 0.6 is 23.5 Å². The zero-order chi connectivity index (χ0) is 28.0. The molecule has 2 aromatic heterocycles. The SMILES string of the molecule is CC1(C)c2ccccc2-c2ccc3c(c21)c1cc2c(cc1n3-c1ncc(-c3ccccc3)cn1)Sc1ccccc1S2. The van der Waals surface area contributed by atoms with Crippen LogP contribution in [0, 0.1) is 0 Å². The van der Waals surface area contributed by atoms with E-state index in [9.17, 15) is 0 Å². The molecule has 0 radical (unpaired) electrons. The Bertz CT molecular complexity index is 2210. The molecule has 2 aliphatic rings. The largest absolute Gasteiger partial charge is 0.278 e. The third-order valence-electron chi connectivity index (χ3n) is 8.75. The Balaban J connectivity index is 1.34. The molecule has 200 valence electrons. The third kappa shape index (κ3) is 3.38. The second-order valence-electron chi connectivity index (χ2n) is 11.5. The lowest BCUT2D eigenvalue weighted by atomic mass is 9.80. The Hall–Kier alpha value is -4.32. The minimum atomic E-state index is -0.132. The number of benzene rings is 5. The Morgan fingerprint density at radius 3 is 2.02 bits per heavy atom. The Morgan fingerprint density at radius 1 is 0.595 bits per heavy atom. The summed E-state index contributed by atoms with van der Waals surface area (Å²) in [6, 6.07) is 37.2. The number of fused-ring (bicyclic) bond motifs is 9. The van der Waals surface area contributed by atoms with Gasteiger partial charge in [-0.25, -0.2) is 9.97 Å². The van der Waals surface area contributed by atoms with Crippen molar-refractivity contribution in [2.45, 2.75) is 38.8 Å². The average Bonchev–Trinajstić information content (AvgIpc) is 3.47. The molecule has 1 aliphatic carbocycles. The van der Waals surface area contributed by atoms with E-state index >= 15 is 0 Å². The number of aromatic nitrogens is 3. The van der Waals surface area contributed by atoms with Crippen LogP contribution in [-0.4, -0.2) is 14.5 Å². The van der Waals surface area contributed by atoms with E-state index < -0.39 is 0 Å². The summed E-state index contributed by atoms with van der Waals surface area (Å²) in [7, 11) is 0. The minimum Gasteiger partial charge on any atom is -0.278 e. The Kier molecular flexibility index (Phi) is 5.11. The van der Waals surface area contributed by atoms with Gasteiger partial charge in [0.2, 0.25) is 5.95 Å². The summed E-state index contributed by atoms with van der Waals surface area (Å²) < 4.78 is 2.27. The maximum atomic E-state index is 4.96. The molecule has 0 atom stereocenters. The fraction of sp³-hybridized carbons (Fsp3) is 0.0811. The van der Waals surface area contributed by atoms with Gasteiger partial charge in [-0.05, 0) is 58.1 Å². The van der Waals surface area contributed by atoms with E-state index in [0.29, 0.717) is 5.95 Å². The van der Waals surface area contributed by atoms with Crippen molar-refractivity contribution < 1.29 is 0 Å². The standard InChI is InChI=1S/C37H25N3S2/c1-37(2)27-13-7-6-12-24(27)25-16-17-28-34(35(25)37)26-18-32-33(42-31-15-9-8-14-30(31)41-32)19-29(26)40(28)36-38-20-23(21-39-36)22-10-4-3-5-11-22/h3-21H,1-2H3. The number of hydrogen-bond donors (Lipinski definition) is 0. The van der Waals surface area contributed by atoms with Crippen LogP contribution < -0.4 is 0 Å². The molecule has 0 unspecified atom stereocenters. The summed E-state index contributed by atoms with van der Waals surface area (Å²) >= 11 is 3.72. The quantitative estimate of drug-likeness (QED) is 0.205. The highest BCUT2D eigenvalue weighted by Gasteiger charge is 2.38. The molecule has 3 nitrogen and oxygen atoms in total. The maximum absolute atomic E-state index is 4.96. The Morgan fingerprint density at radius 2 is 1.26 bits per heavy atom. The summed E-state index contributed by atoms with van der Waals surface area (Å²) in [5, 5.41) is 2.55. The van der Waals surface area contributed by atoms with Crippen molar-refractivity contribution in [3.05, 3.63) is 127 Å². The maximum Gasteiger partial charge on any atom is 0.234 e. The molecule has 5 aromatic carbocycles. The minimum absolute atomic E-state index is 0.132. The van der Waals surface area contributed by atoms with E-state index in [4.69, 9.17) is 9.97 Å². The van der Waals surface area contributed by atoms with Gasteiger partial charge < -0.3 is 0 Å². The number of rotatable bonds is 2. The summed E-state index contributed by atoms with van der Waals surface area (Å²) in [5.41, 5.74) is 9.72. The molecule has 9 rings (SSSR count). The number of nitrogens with zero attached hydrogens (tertiary/aromatic N) is 3. The van der Waals surface area contributed by atoms with Gasteiger partial charge in [-0.2, -0.15) is 0 Å². The van der Waals surface area contributed by atoms with E-state index in [0.717, 1.165) is 22.2 Å². The fourth-order valence-electron chi connectivity index (χ4n) is 6.83. The first kappa shape index (κ1) is 24.3. The van der Waals surface area contributed by atoms with Gasteiger partial charge in [0.1, 0.15) is 0 Å². The van der Waals surface area contributed by atoms with Crippen LogP contribution in [-0.2, 0) is 5.41 Å². The van der Waals surface area contributed by atoms with Crippen LogP contribution in [0.5, 0.6) is 0 Å². The topological polar surface area (TPSA) is 30.7 Å². The molecule has 0 saturated carbocycles. The first-order valence-corrected chi connectivity index (χ1v) is 15.8. The van der Waals surface area contributed by atoms with E-state index in [1.165, 1.54) is 52.6 Å². The van der Waals surface area contributed by atoms with Crippen LogP contribution in [0.2, 0.25) is 0 Å². The average molecular weight is 576 g/mol. The molecule has 42 heavy (non-hydrogen) atoms. The first-order valence-electron chi connectivity index (χ1n) is 14.2. The van der Waals surface area contributed by atoms with Crippen molar-refractivity contribution in [1.82, 2.24) is 14.5 Å². The van der Waals surface area contributed by atoms with Crippen LogP contribution in [0.25, 0.3) is 50.0 Å². The lowest BCUT2D eigenvalue weighted by Gasteiger charge is -2.23. The smallest absolute Gasteiger partial charge is 0.234 e. The predicted octanol–water partition coefficient (Wildman–Crippen LogP) is 10.2. The van der Waals surface area contributed by atoms with Crippen LogP contribution in [0.3, 0.4) is 0 Å². The van der Waals surface area contributed by atoms with E-state index in [1.54, 1.807) is 0 Å². The summed E-state index contributed by atoms with van der Waals surface area (Å²) in [4.78, 5) is 15.1. The zero-order valence-corrected chi connectivity index (χ0v) is 24.8. The third-order valence-corrected chi connectivity index (χ3v) is 11.3. The highest BCUT2D eigenvalue weighted by molar-refractivity contribution is 8.05. The predicted molar refractivity (Wildman–Crippen MR) is 174 cm³/mol. The van der Waals surface area contributed by atoms with Crippen molar-refractivity contribution >= 4 is 45.3 Å². The van der Waals surface area contributed by atoms with Crippen LogP contribution in [0.4, 0.5) is 0 Å². The molecule has 0 bridgehead atoms. The molecular weight excluding hydrogens is 551 g/mol. The molecule has 0 fully saturated rings. The molecule has 0 N–H and O–H groups in total. The van der Waals surface area contributed by atoms with Gasteiger partial charge in [-0.3, -0.25) is 4.57 Å². The van der Waals surface area contributed by atoms with Gasteiger partial charge in [-0.1, -0.05) is 110 Å². The highest BCUT2D eigenvalue weighted by Crippen LogP contribution is 2.55. The van der Waals surface area contributed by atoms with Gasteiger partial charge >= 0.3 is 0 Å². The summed E-state index contributed by atoms with van der Waals surface area (Å²) in [5.74, 6) is 0.691. The monoisotopic (exact) mass is 575 g/mol. The van der Waals surface area contributed by atoms with Gasteiger partial charge in [0.25, 0.3) is 0 Å². The van der Waals surface area contributed by atoms with Gasteiger partial charge in [0.05, 0.1) is 11.0 Å². The molecule has 0 spiro atoms. The molecule has 0 amide bonds. The zero-order valence-electron chi connectivity index (χ0n) is 23.1. The molecule has 0 saturated heterocycles. The van der Waals surface area contributed by atoms with Crippen molar-refractivity contribution in [3.63, 3.8) is 0 Å². The molecular formula is C37H25N3S2. The summed E-state index contributed by atoms with van der Waals surface area (Å²) in [6.45, 7) is 4.73. The first-order chi connectivity index (χ1) is 20.6. The van der Waals surface area contributed by atoms with Crippen LogP contribution in [0.15, 0.2) is 135 Å². The molecule has 7 aromatic rings. The fourth-order valence-corrected chi connectivity index (χ4v) is 9.10. The number of hydrogen-bond acceptors (Lipinski definition) is 4. The van der Waals surface area contributed by atoms with Crippen molar-refractivity contribution in [3.8, 4) is 28.2 Å². The molecule has 5 heteroatoms. The second-order valence-corrected chi connectivity index (χ2v) is 13.7. The van der Waals surface area contributed by atoms with Crippen LogP contribution in [0.1, 0.15) is 25.0 Å². The van der Waals surface area contributed by atoms with Gasteiger partial charge in [0.15, 0.2) is 0 Å². The lowest BCUT2D eigenvalue weighted by molar-refractivity contribution is 0.666. The lowest BCUT2D eigenvalue weighted by Crippen LogP contribution is -2.15. The van der Waals surface area contributed by atoms with Crippen molar-refractivity contribution in [1.29, 1.82) is 0 Å². The van der Waals surface area contributed by atoms with E-state index in [2.05, 4.69) is 103 Å². The van der Waals surface area contributed by atoms with Crippen molar-refractivity contribution in [2.75, 3.05) is 0 Å². The van der Waals surface area contributed by atoms with Gasteiger partial charge in [-0.15, -0.1) is 0 Å². The van der Waals surface area contributed by atoms with Gasteiger partial charge in [0, 0.05) is 53.7 Å². The Labute approximate surface area is 252 Å². The normalized spacial score (nSPS) is 14.4. The van der Waals surface area contributed by atoms with E-state index in [1.807, 2.05) is 54.1 Å². The summed E-state index contributed by atoms with van der Waals surface area (Å²) in [6.07, 6.45) is 3.89. The second kappa shape index (κ2) is 8.84. The van der Waals surface area contributed by atoms with Crippen molar-refractivity contribution in [2.24, 2.45) is 0 Å². The van der Waals surface area contributed by atoms with E-state index in [-0.39, 0.29) is 5.41 Å². The highest BCUT2D eigenvalue weighted by atomic mass is 32.2. The molecule has 1 aliphatic heterocycles. The molecule has 3 heterocycles.